The van der Waals surface area contributed by atoms with Gasteiger partial charge in [-0.2, -0.15) is 0 Å². The number of carbonyl (C=O) groups excluding carboxylic acids is 1. The minimum Gasteiger partial charge on any atom is -0.324 e. The number of hydrogen-bond acceptors (Lipinski definition) is 5. The highest BCUT2D eigenvalue weighted by atomic mass is 35.5. The minimum atomic E-state index is -4.17. The molecular formula is C21H17Cl2N3O5S. The highest BCUT2D eigenvalue weighted by molar-refractivity contribution is 7.92. The number of hydrogen-bond donors (Lipinski definition) is 1. The Hall–Kier alpha value is -3.14. The second-order valence-electron chi connectivity index (χ2n) is 6.68. The molecule has 0 aliphatic rings. The largest absolute Gasteiger partial charge is 0.324 e. The molecule has 0 saturated heterocycles. The molecule has 0 saturated carbocycles. The zero-order chi connectivity index (χ0) is 23.5. The predicted molar refractivity (Wildman–Crippen MR) is 124 cm³/mol. The molecule has 3 aromatic rings. The van der Waals surface area contributed by atoms with Crippen LogP contribution >= 0.6 is 23.2 Å². The number of nitrogens with one attached hydrogen (secondary N) is 1. The molecule has 0 aliphatic carbocycles. The molecule has 1 amide bonds. The van der Waals surface area contributed by atoms with Gasteiger partial charge in [0, 0.05) is 11.1 Å². The van der Waals surface area contributed by atoms with Gasteiger partial charge in [0.2, 0.25) is 5.91 Å². The number of benzene rings is 3. The molecule has 0 heterocycles. The Morgan fingerprint density at radius 3 is 2.38 bits per heavy atom. The monoisotopic (exact) mass is 493 g/mol. The molecule has 0 aromatic heterocycles. The van der Waals surface area contributed by atoms with Crippen LogP contribution in [-0.4, -0.2) is 25.8 Å². The minimum absolute atomic E-state index is 0.0367. The van der Waals surface area contributed by atoms with E-state index in [0.717, 1.165) is 4.31 Å². The molecule has 0 unspecified atom stereocenters. The summed E-state index contributed by atoms with van der Waals surface area (Å²) in [5.74, 6) is -0.709. The summed E-state index contributed by atoms with van der Waals surface area (Å²) < 4.78 is 27.5. The Kier molecular flexibility index (Phi) is 7.02. The highest BCUT2D eigenvalue weighted by Gasteiger charge is 2.29. The summed E-state index contributed by atoms with van der Waals surface area (Å²) in [6.45, 7) is 0.864. The lowest BCUT2D eigenvalue weighted by Crippen LogP contribution is -2.38. The maximum Gasteiger partial charge on any atom is 0.274 e. The number of nitro benzene ring substituents is 1. The van der Waals surface area contributed by atoms with Crippen LogP contribution in [0.25, 0.3) is 0 Å². The van der Waals surface area contributed by atoms with Crippen molar-refractivity contribution in [3.8, 4) is 0 Å². The van der Waals surface area contributed by atoms with Crippen molar-refractivity contribution >= 4 is 56.2 Å². The van der Waals surface area contributed by atoms with Gasteiger partial charge in [-0.3, -0.25) is 19.2 Å². The topological polar surface area (TPSA) is 110 Å². The summed E-state index contributed by atoms with van der Waals surface area (Å²) in [5, 5.41) is 14.0. The Morgan fingerprint density at radius 1 is 1.06 bits per heavy atom. The van der Waals surface area contributed by atoms with Crippen LogP contribution < -0.4 is 9.62 Å². The maximum atomic E-state index is 13.3. The van der Waals surface area contributed by atoms with Crippen LogP contribution in [0.5, 0.6) is 0 Å². The van der Waals surface area contributed by atoms with Crippen molar-refractivity contribution in [2.45, 2.75) is 11.8 Å². The van der Waals surface area contributed by atoms with E-state index in [0.29, 0.717) is 5.02 Å². The average molecular weight is 494 g/mol. The van der Waals surface area contributed by atoms with Gasteiger partial charge < -0.3 is 5.32 Å². The third kappa shape index (κ3) is 5.01. The highest BCUT2D eigenvalue weighted by Crippen LogP contribution is 2.33. The third-order valence-corrected chi connectivity index (χ3v) is 6.88. The molecule has 0 atom stereocenters. The molecule has 3 rings (SSSR count). The number of halogens is 2. The van der Waals surface area contributed by atoms with Crippen LogP contribution in [0.15, 0.2) is 71.6 Å². The van der Waals surface area contributed by atoms with Crippen LogP contribution in [0.2, 0.25) is 10.0 Å². The fraction of sp³-hybridized carbons (Fsp3) is 0.0952. The van der Waals surface area contributed by atoms with E-state index in [1.165, 1.54) is 55.5 Å². The number of amides is 1. The summed E-state index contributed by atoms with van der Waals surface area (Å²) >= 11 is 12.2. The lowest BCUT2D eigenvalue weighted by molar-refractivity contribution is -0.385. The quantitative estimate of drug-likeness (QED) is 0.366. The van der Waals surface area contributed by atoms with Gasteiger partial charge in [-0.05, 0) is 43.3 Å². The van der Waals surface area contributed by atoms with E-state index in [9.17, 15) is 23.3 Å². The van der Waals surface area contributed by atoms with Crippen molar-refractivity contribution in [1.29, 1.82) is 0 Å². The van der Waals surface area contributed by atoms with Crippen molar-refractivity contribution in [2.75, 3.05) is 16.2 Å². The zero-order valence-electron chi connectivity index (χ0n) is 16.7. The van der Waals surface area contributed by atoms with Crippen molar-refractivity contribution in [1.82, 2.24) is 0 Å². The Labute approximate surface area is 194 Å². The molecule has 0 spiro atoms. The third-order valence-electron chi connectivity index (χ3n) is 4.57. The van der Waals surface area contributed by atoms with Gasteiger partial charge in [0.15, 0.2) is 0 Å². The molecule has 0 bridgehead atoms. The molecule has 3 aromatic carbocycles. The van der Waals surface area contributed by atoms with Crippen LogP contribution in [0.3, 0.4) is 0 Å². The number of rotatable bonds is 7. The molecule has 32 heavy (non-hydrogen) atoms. The van der Waals surface area contributed by atoms with Crippen LogP contribution in [0.1, 0.15) is 5.56 Å². The summed E-state index contributed by atoms with van der Waals surface area (Å²) in [4.78, 5) is 23.4. The summed E-state index contributed by atoms with van der Waals surface area (Å²) in [7, 11) is -4.17. The zero-order valence-corrected chi connectivity index (χ0v) is 19.0. The van der Waals surface area contributed by atoms with Crippen molar-refractivity contribution in [3.63, 3.8) is 0 Å². The van der Waals surface area contributed by atoms with Gasteiger partial charge >= 0.3 is 0 Å². The predicted octanol–water partition coefficient (Wildman–Crippen LogP) is 5.04. The molecule has 1 N–H and O–H groups in total. The standard InChI is InChI=1S/C21H17Cl2N3O5S/c1-14-18(8-5-9-19(14)26(28)29)24-21(27)13-25(20-11-10-15(22)12-17(20)23)32(30,31)16-6-3-2-4-7-16/h2-12H,13H2,1H3,(H,24,27). The molecule has 8 nitrogen and oxygen atoms in total. The second kappa shape index (κ2) is 9.56. The summed E-state index contributed by atoms with van der Waals surface area (Å²) in [6.07, 6.45) is 0. The molecule has 166 valence electrons. The Morgan fingerprint density at radius 2 is 1.75 bits per heavy atom. The van der Waals surface area contributed by atoms with Crippen LogP contribution in [0, 0.1) is 17.0 Å². The van der Waals surface area contributed by atoms with E-state index in [4.69, 9.17) is 23.2 Å². The first-order valence-corrected chi connectivity index (χ1v) is 11.4. The summed E-state index contributed by atoms with van der Waals surface area (Å²) in [6, 6.07) is 16.0. The number of nitro groups is 1. The SMILES string of the molecule is Cc1c(NC(=O)CN(c2ccc(Cl)cc2Cl)S(=O)(=O)c2ccccc2)cccc1[N+](=O)[O-]. The average Bonchev–Trinajstić information content (AvgIpc) is 2.74. The maximum absolute atomic E-state index is 13.3. The Bertz CT molecular complexity index is 1280. The lowest BCUT2D eigenvalue weighted by atomic mass is 10.1. The molecule has 0 radical (unpaired) electrons. The van der Waals surface area contributed by atoms with Gasteiger partial charge in [-0.25, -0.2) is 8.42 Å². The number of carbonyl (C=O) groups is 1. The molecule has 0 fully saturated rings. The van der Waals surface area contributed by atoms with E-state index < -0.39 is 27.4 Å². The van der Waals surface area contributed by atoms with Crippen molar-refractivity contribution < 1.29 is 18.1 Å². The van der Waals surface area contributed by atoms with Crippen molar-refractivity contribution in [2.24, 2.45) is 0 Å². The van der Waals surface area contributed by atoms with Crippen LogP contribution in [0.4, 0.5) is 17.1 Å². The molecule has 0 aliphatic heterocycles. The van der Waals surface area contributed by atoms with Gasteiger partial charge in [0.05, 0.1) is 31.8 Å². The second-order valence-corrected chi connectivity index (χ2v) is 9.38. The normalized spacial score (nSPS) is 11.1. The van der Waals surface area contributed by atoms with E-state index in [1.54, 1.807) is 18.2 Å². The van der Waals surface area contributed by atoms with Gasteiger partial charge in [-0.1, -0.05) is 47.5 Å². The number of anilines is 2. The Balaban J connectivity index is 1.99. The fourth-order valence-electron chi connectivity index (χ4n) is 2.98. The lowest BCUT2D eigenvalue weighted by Gasteiger charge is -2.25. The van der Waals surface area contributed by atoms with E-state index >= 15 is 0 Å². The van der Waals surface area contributed by atoms with Gasteiger partial charge in [0.1, 0.15) is 6.54 Å². The first-order valence-electron chi connectivity index (χ1n) is 9.18. The van der Waals surface area contributed by atoms with Gasteiger partial charge in [-0.15, -0.1) is 0 Å². The number of nitrogens with zero attached hydrogens (tertiary/aromatic N) is 2. The fourth-order valence-corrected chi connectivity index (χ4v) is 5.00. The summed E-state index contributed by atoms with van der Waals surface area (Å²) in [5.41, 5.74) is 0.333. The molecule has 11 heteroatoms. The van der Waals surface area contributed by atoms with E-state index in [1.807, 2.05) is 0 Å². The number of sulfonamides is 1. The van der Waals surface area contributed by atoms with Crippen LogP contribution in [-0.2, 0) is 14.8 Å². The first-order chi connectivity index (χ1) is 15.1. The molecular weight excluding hydrogens is 477 g/mol. The van der Waals surface area contributed by atoms with Crippen molar-refractivity contribution in [3.05, 3.63) is 92.5 Å². The smallest absolute Gasteiger partial charge is 0.274 e. The van der Waals surface area contributed by atoms with E-state index in [-0.39, 0.29) is 32.5 Å². The van der Waals surface area contributed by atoms with E-state index in [2.05, 4.69) is 5.32 Å². The van der Waals surface area contributed by atoms with Gasteiger partial charge in [0.25, 0.3) is 15.7 Å². The first kappa shape index (κ1) is 23.5.